The Kier molecular flexibility index (Phi) is 5.59. The number of rotatable bonds is 5. The minimum absolute atomic E-state index is 0.0434. The number of aliphatic hydroxyl groups is 1. The van der Waals surface area contributed by atoms with E-state index < -0.39 is 18.1 Å². The Bertz CT molecular complexity index is 479. The molecule has 1 aromatic rings. The van der Waals surface area contributed by atoms with Crippen molar-refractivity contribution in [3.63, 3.8) is 0 Å². The number of hydrogen-bond acceptors (Lipinski definition) is 4. The number of amides is 2. The summed E-state index contributed by atoms with van der Waals surface area (Å²) in [6.45, 7) is 1.55. The van der Waals surface area contributed by atoms with Crippen LogP contribution in [0.2, 0.25) is 5.02 Å². The number of hydrogen-bond donors (Lipinski definition) is 3. The molecule has 4 N–H and O–H groups in total. The van der Waals surface area contributed by atoms with Gasteiger partial charge in [-0.2, -0.15) is 0 Å². The SMILES string of the molecule is Cc1ccc(NC(=O)C(CCO)OC(N)=O)c(Cl)c1. The quantitative estimate of drug-likeness (QED) is 0.762. The minimum Gasteiger partial charge on any atom is -0.436 e. The number of benzene rings is 1. The molecule has 0 heterocycles. The van der Waals surface area contributed by atoms with Gasteiger partial charge in [0.2, 0.25) is 0 Å². The molecule has 6 nitrogen and oxygen atoms in total. The van der Waals surface area contributed by atoms with Crippen molar-refractivity contribution in [3.05, 3.63) is 28.8 Å². The number of anilines is 1. The van der Waals surface area contributed by atoms with E-state index in [-0.39, 0.29) is 13.0 Å². The molecular formula is C12H15ClN2O4. The molecule has 7 heteroatoms. The molecule has 0 fully saturated rings. The van der Waals surface area contributed by atoms with Gasteiger partial charge in [0, 0.05) is 13.0 Å². The number of nitrogens with one attached hydrogen (secondary N) is 1. The van der Waals surface area contributed by atoms with Crippen LogP contribution in [0.1, 0.15) is 12.0 Å². The summed E-state index contributed by atoms with van der Waals surface area (Å²) in [5.74, 6) is -0.599. The normalized spacial score (nSPS) is 11.7. The predicted octanol–water partition coefficient (Wildman–Crippen LogP) is 1.43. The van der Waals surface area contributed by atoms with Gasteiger partial charge in [-0.1, -0.05) is 17.7 Å². The average molecular weight is 287 g/mol. The minimum atomic E-state index is -1.15. The molecule has 0 saturated heterocycles. The first-order chi connectivity index (χ1) is 8.93. The fourth-order valence-corrected chi connectivity index (χ4v) is 1.72. The molecule has 2 amide bonds. The third-order valence-corrected chi connectivity index (χ3v) is 2.64. The molecule has 104 valence electrons. The Labute approximate surface area is 115 Å². The van der Waals surface area contributed by atoms with E-state index in [2.05, 4.69) is 10.1 Å². The van der Waals surface area contributed by atoms with Crippen LogP contribution in [0.25, 0.3) is 0 Å². The van der Waals surface area contributed by atoms with Gasteiger partial charge in [-0.25, -0.2) is 4.79 Å². The summed E-state index contributed by atoms with van der Waals surface area (Å²) < 4.78 is 4.61. The second kappa shape index (κ2) is 6.96. The van der Waals surface area contributed by atoms with E-state index in [0.29, 0.717) is 10.7 Å². The molecule has 0 bridgehead atoms. The lowest BCUT2D eigenvalue weighted by atomic mass is 10.2. The van der Waals surface area contributed by atoms with Crippen molar-refractivity contribution in [1.29, 1.82) is 0 Å². The fraction of sp³-hybridized carbons (Fsp3) is 0.333. The number of carbonyl (C=O) groups excluding carboxylic acids is 2. The van der Waals surface area contributed by atoms with E-state index in [9.17, 15) is 9.59 Å². The Morgan fingerprint density at radius 3 is 2.74 bits per heavy atom. The Balaban J connectivity index is 2.77. The lowest BCUT2D eigenvalue weighted by Crippen LogP contribution is -2.35. The van der Waals surface area contributed by atoms with Crippen LogP contribution in [0.5, 0.6) is 0 Å². The van der Waals surface area contributed by atoms with Crippen LogP contribution in [0.3, 0.4) is 0 Å². The zero-order chi connectivity index (χ0) is 14.4. The van der Waals surface area contributed by atoms with Gasteiger partial charge in [0.1, 0.15) is 0 Å². The van der Waals surface area contributed by atoms with Crippen LogP contribution in [0, 0.1) is 6.92 Å². The largest absolute Gasteiger partial charge is 0.436 e. The summed E-state index contributed by atoms with van der Waals surface area (Å²) >= 11 is 5.96. The van der Waals surface area contributed by atoms with Crippen LogP contribution in [0.4, 0.5) is 10.5 Å². The van der Waals surface area contributed by atoms with E-state index in [1.165, 1.54) is 0 Å². The first-order valence-electron chi connectivity index (χ1n) is 5.58. The van der Waals surface area contributed by atoms with Crippen molar-refractivity contribution in [2.75, 3.05) is 11.9 Å². The van der Waals surface area contributed by atoms with Crippen molar-refractivity contribution < 1.29 is 19.4 Å². The van der Waals surface area contributed by atoms with E-state index in [1.54, 1.807) is 18.2 Å². The maximum Gasteiger partial charge on any atom is 0.405 e. The summed E-state index contributed by atoms with van der Waals surface area (Å²) in [4.78, 5) is 22.5. The maximum atomic E-state index is 11.9. The summed E-state index contributed by atoms with van der Waals surface area (Å²) in [5, 5.41) is 11.7. The first-order valence-corrected chi connectivity index (χ1v) is 5.95. The number of carbonyl (C=O) groups is 2. The molecule has 19 heavy (non-hydrogen) atoms. The number of nitrogens with two attached hydrogens (primary N) is 1. The molecule has 0 spiro atoms. The highest BCUT2D eigenvalue weighted by Gasteiger charge is 2.22. The Morgan fingerprint density at radius 2 is 2.21 bits per heavy atom. The van der Waals surface area contributed by atoms with Crippen molar-refractivity contribution in [3.8, 4) is 0 Å². The number of ether oxygens (including phenoxy) is 1. The number of aliphatic hydroxyl groups excluding tert-OH is 1. The lowest BCUT2D eigenvalue weighted by molar-refractivity contribution is -0.124. The van der Waals surface area contributed by atoms with E-state index in [4.69, 9.17) is 22.4 Å². The molecular weight excluding hydrogens is 272 g/mol. The van der Waals surface area contributed by atoms with Gasteiger partial charge < -0.3 is 20.9 Å². The molecule has 0 aliphatic heterocycles. The van der Waals surface area contributed by atoms with Gasteiger partial charge in [-0.15, -0.1) is 0 Å². The van der Waals surface area contributed by atoms with Gasteiger partial charge in [-0.3, -0.25) is 4.79 Å². The van der Waals surface area contributed by atoms with Crippen molar-refractivity contribution in [1.82, 2.24) is 0 Å². The zero-order valence-electron chi connectivity index (χ0n) is 10.4. The molecule has 1 rings (SSSR count). The van der Waals surface area contributed by atoms with Gasteiger partial charge in [-0.05, 0) is 24.6 Å². The molecule has 0 aliphatic carbocycles. The fourth-order valence-electron chi connectivity index (χ4n) is 1.44. The van der Waals surface area contributed by atoms with Crippen molar-refractivity contribution >= 4 is 29.3 Å². The van der Waals surface area contributed by atoms with Crippen LogP contribution < -0.4 is 11.1 Å². The average Bonchev–Trinajstić information content (AvgIpc) is 2.31. The highest BCUT2D eigenvalue weighted by Crippen LogP contribution is 2.23. The topological polar surface area (TPSA) is 102 Å². The lowest BCUT2D eigenvalue weighted by Gasteiger charge is -2.16. The first kappa shape index (κ1) is 15.3. The molecule has 0 radical (unpaired) electrons. The monoisotopic (exact) mass is 286 g/mol. The molecule has 0 saturated carbocycles. The number of halogens is 1. The Morgan fingerprint density at radius 1 is 1.53 bits per heavy atom. The van der Waals surface area contributed by atoms with Crippen molar-refractivity contribution in [2.45, 2.75) is 19.4 Å². The smallest absolute Gasteiger partial charge is 0.405 e. The van der Waals surface area contributed by atoms with E-state index in [0.717, 1.165) is 5.56 Å². The highest BCUT2D eigenvalue weighted by molar-refractivity contribution is 6.33. The standard InChI is InChI=1S/C12H15ClN2O4/c1-7-2-3-9(8(13)6-7)15-11(17)10(4-5-16)19-12(14)18/h2-3,6,10,16H,4-5H2,1H3,(H2,14,18)(H,15,17). The van der Waals surface area contributed by atoms with Crippen LogP contribution >= 0.6 is 11.6 Å². The third kappa shape index (κ3) is 4.76. The van der Waals surface area contributed by atoms with Gasteiger partial charge in [0.15, 0.2) is 6.10 Å². The maximum absolute atomic E-state index is 11.9. The molecule has 1 atom stereocenters. The van der Waals surface area contributed by atoms with E-state index in [1.807, 2.05) is 6.92 Å². The third-order valence-electron chi connectivity index (χ3n) is 2.32. The van der Waals surface area contributed by atoms with Gasteiger partial charge >= 0.3 is 6.09 Å². The molecule has 0 aliphatic rings. The zero-order valence-corrected chi connectivity index (χ0v) is 11.1. The molecule has 1 aromatic carbocycles. The number of aryl methyl sites for hydroxylation is 1. The van der Waals surface area contributed by atoms with Gasteiger partial charge in [0.25, 0.3) is 5.91 Å². The van der Waals surface area contributed by atoms with Crippen molar-refractivity contribution in [2.24, 2.45) is 5.73 Å². The summed E-state index contributed by atoms with van der Waals surface area (Å²) in [5.41, 5.74) is 6.20. The predicted molar refractivity (Wildman–Crippen MR) is 71.0 cm³/mol. The van der Waals surface area contributed by atoms with Crippen LogP contribution in [-0.2, 0) is 9.53 Å². The second-order valence-electron chi connectivity index (χ2n) is 3.91. The summed E-state index contributed by atoms with van der Waals surface area (Å²) in [6, 6.07) is 5.10. The second-order valence-corrected chi connectivity index (χ2v) is 4.32. The molecule has 0 aromatic heterocycles. The number of primary amides is 1. The van der Waals surface area contributed by atoms with E-state index >= 15 is 0 Å². The summed E-state index contributed by atoms with van der Waals surface area (Å²) in [7, 11) is 0. The summed E-state index contributed by atoms with van der Waals surface area (Å²) in [6.07, 6.45) is -2.28. The van der Waals surface area contributed by atoms with Gasteiger partial charge in [0.05, 0.1) is 10.7 Å². The Hall–Kier alpha value is -1.79. The van der Waals surface area contributed by atoms with Crippen LogP contribution in [0.15, 0.2) is 18.2 Å². The highest BCUT2D eigenvalue weighted by atomic mass is 35.5. The molecule has 1 unspecified atom stereocenters. The van der Waals surface area contributed by atoms with Crippen LogP contribution in [-0.4, -0.2) is 29.8 Å².